The molecule has 0 aromatic heterocycles. The number of hydrogen-bond donors (Lipinski definition) is 0. The van der Waals surface area contributed by atoms with Crippen LogP contribution in [0.15, 0.2) is 42.5 Å². The van der Waals surface area contributed by atoms with Gasteiger partial charge in [0.1, 0.15) is 0 Å². The van der Waals surface area contributed by atoms with Gasteiger partial charge in [-0.1, -0.05) is 24.3 Å². The summed E-state index contributed by atoms with van der Waals surface area (Å²) in [6.07, 6.45) is 2.01. The molecule has 0 bridgehead atoms. The van der Waals surface area contributed by atoms with Crippen molar-refractivity contribution >= 4 is 5.69 Å². The van der Waals surface area contributed by atoms with E-state index in [1.807, 2.05) is 6.07 Å². The van der Waals surface area contributed by atoms with Gasteiger partial charge in [-0.05, 0) is 24.5 Å². The van der Waals surface area contributed by atoms with Crippen LogP contribution in [0, 0.1) is 10.1 Å². The zero-order valence-corrected chi connectivity index (χ0v) is 14.8. The fourth-order valence-corrected chi connectivity index (χ4v) is 3.04. The van der Waals surface area contributed by atoms with E-state index in [4.69, 9.17) is 9.47 Å². The molecule has 1 aliphatic rings. The number of ether oxygens (including phenoxy) is 2. The molecule has 8 heteroatoms. The highest BCUT2D eigenvalue weighted by atomic mass is 19.3. The number of hydrogen-bond acceptors (Lipinski definition) is 5. The van der Waals surface area contributed by atoms with Crippen molar-refractivity contribution in [3.8, 4) is 11.5 Å². The fourth-order valence-electron chi connectivity index (χ4n) is 3.04. The number of nitro groups is 1. The van der Waals surface area contributed by atoms with Crippen molar-refractivity contribution in [1.29, 1.82) is 0 Å². The van der Waals surface area contributed by atoms with Crippen LogP contribution < -0.4 is 9.47 Å². The molecule has 2 aromatic carbocycles. The molecule has 0 spiro atoms. The van der Waals surface area contributed by atoms with E-state index >= 15 is 0 Å². The topological polar surface area (TPSA) is 64.8 Å². The Balaban J connectivity index is 1.83. The Bertz CT molecular complexity index is 812. The number of para-hydroxylation sites is 1. The largest absolute Gasteiger partial charge is 0.493 e. The average molecular weight is 378 g/mol. The molecular weight excluding hydrogens is 358 g/mol. The number of methoxy groups -OCH3 is 1. The van der Waals surface area contributed by atoms with Gasteiger partial charge in [-0.2, -0.15) is 8.78 Å². The Morgan fingerprint density at radius 3 is 2.59 bits per heavy atom. The van der Waals surface area contributed by atoms with Crippen molar-refractivity contribution in [3.63, 3.8) is 0 Å². The zero-order chi connectivity index (χ0) is 19.4. The lowest BCUT2D eigenvalue weighted by Gasteiger charge is -2.24. The first-order valence-corrected chi connectivity index (χ1v) is 8.56. The molecule has 0 amide bonds. The number of benzene rings is 2. The number of nitro benzene ring substituents is 1. The van der Waals surface area contributed by atoms with Crippen molar-refractivity contribution < 1.29 is 23.2 Å². The predicted molar refractivity (Wildman–Crippen MR) is 95.0 cm³/mol. The Morgan fingerprint density at radius 2 is 1.96 bits per heavy atom. The summed E-state index contributed by atoms with van der Waals surface area (Å²) in [4.78, 5) is 12.7. The molecule has 3 rings (SSSR count). The Hall–Kier alpha value is -2.74. The van der Waals surface area contributed by atoms with Crippen molar-refractivity contribution in [3.05, 3.63) is 63.7 Å². The number of halogens is 2. The third kappa shape index (κ3) is 4.91. The molecule has 0 atom stereocenters. The number of nitrogens with zero attached hydrogens (tertiary/aromatic N) is 2. The lowest BCUT2D eigenvalue weighted by Crippen LogP contribution is -2.25. The summed E-state index contributed by atoms with van der Waals surface area (Å²) in [5.41, 5.74) is 1.42. The summed E-state index contributed by atoms with van der Waals surface area (Å²) < 4.78 is 35.5. The average Bonchev–Trinajstić information content (AvgIpc) is 3.47. The van der Waals surface area contributed by atoms with Gasteiger partial charge in [0.15, 0.2) is 11.5 Å². The van der Waals surface area contributed by atoms with Crippen LogP contribution in [0.5, 0.6) is 11.5 Å². The molecule has 0 saturated heterocycles. The van der Waals surface area contributed by atoms with Crippen LogP contribution in [-0.2, 0) is 13.1 Å². The van der Waals surface area contributed by atoms with Crippen molar-refractivity contribution in [2.45, 2.75) is 38.6 Å². The lowest BCUT2D eigenvalue weighted by atomic mass is 10.1. The highest BCUT2D eigenvalue weighted by molar-refractivity contribution is 5.46. The Labute approximate surface area is 155 Å². The van der Waals surface area contributed by atoms with Gasteiger partial charge in [0.25, 0.3) is 5.69 Å². The minimum atomic E-state index is -2.95. The first-order valence-electron chi connectivity index (χ1n) is 8.56. The number of rotatable bonds is 9. The third-order valence-electron chi connectivity index (χ3n) is 4.43. The minimum Gasteiger partial charge on any atom is -0.493 e. The van der Waals surface area contributed by atoms with Crippen LogP contribution in [0.25, 0.3) is 0 Å². The molecule has 27 heavy (non-hydrogen) atoms. The molecule has 2 aromatic rings. The van der Waals surface area contributed by atoms with Crippen molar-refractivity contribution in [2.75, 3.05) is 7.11 Å². The maximum atomic E-state index is 12.8. The SMILES string of the molecule is COc1cccc(CN(Cc2cccc([N+](=O)[O-])c2)C2CC2)c1OC(F)F. The van der Waals surface area contributed by atoms with E-state index in [0.717, 1.165) is 18.4 Å². The molecule has 6 nitrogen and oxygen atoms in total. The third-order valence-corrected chi connectivity index (χ3v) is 4.43. The van der Waals surface area contributed by atoms with Crippen LogP contribution in [0.4, 0.5) is 14.5 Å². The van der Waals surface area contributed by atoms with Gasteiger partial charge in [0.05, 0.1) is 12.0 Å². The Kier molecular flexibility index (Phi) is 5.85. The van der Waals surface area contributed by atoms with E-state index in [0.29, 0.717) is 24.7 Å². The van der Waals surface area contributed by atoms with Crippen LogP contribution in [0.2, 0.25) is 0 Å². The standard InChI is InChI=1S/C19H20F2N2O4/c1-26-17-7-3-5-14(18(17)27-19(20)21)12-22(15-8-9-15)11-13-4-2-6-16(10-13)23(24)25/h2-7,10,15,19H,8-9,11-12H2,1H3. The van der Waals surface area contributed by atoms with Crippen molar-refractivity contribution in [1.82, 2.24) is 4.90 Å². The van der Waals surface area contributed by atoms with Crippen LogP contribution >= 0.6 is 0 Å². The highest BCUT2D eigenvalue weighted by Crippen LogP contribution is 2.36. The van der Waals surface area contributed by atoms with E-state index in [1.54, 1.807) is 24.3 Å². The van der Waals surface area contributed by atoms with E-state index in [9.17, 15) is 18.9 Å². The molecule has 0 heterocycles. The summed E-state index contributed by atoms with van der Waals surface area (Å²) >= 11 is 0. The van der Waals surface area contributed by atoms with Gasteiger partial charge in [-0.3, -0.25) is 15.0 Å². The van der Waals surface area contributed by atoms with Gasteiger partial charge < -0.3 is 9.47 Å². The lowest BCUT2D eigenvalue weighted by molar-refractivity contribution is -0.384. The molecule has 1 aliphatic carbocycles. The molecule has 0 radical (unpaired) electrons. The van der Waals surface area contributed by atoms with Gasteiger partial charge >= 0.3 is 6.61 Å². The van der Waals surface area contributed by atoms with E-state index in [1.165, 1.54) is 19.2 Å². The fraction of sp³-hybridized carbons (Fsp3) is 0.368. The van der Waals surface area contributed by atoms with Crippen LogP contribution in [-0.4, -0.2) is 29.6 Å². The zero-order valence-electron chi connectivity index (χ0n) is 14.8. The number of non-ortho nitro benzene ring substituents is 1. The summed E-state index contributed by atoms with van der Waals surface area (Å²) in [5, 5.41) is 11.0. The van der Waals surface area contributed by atoms with E-state index in [2.05, 4.69) is 4.90 Å². The van der Waals surface area contributed by atoms with Gasteiger partial charge in [-0.25, -0.2) is 0 Å². The molecule has 0 aliphatic heterocycles. The van der Waals surface area contributed by atoms with Gasteiger partial charge in [0, 0.05) is 36.8 Å². The smallest absolute Gasteiger partial charge is 0.387 e. The molecule has 1 fully saturated rings. The second kappa shape index (κ2) is 8.30. The minimum absolute atomic E-state index is 0.0275. The first kappa shape index (κ1) is 19.0. The maximum Gasteiger partial charge on any atom is 0.387 e. The Morgan fingerprint density at radius 1 is 1.22 bits per heavy atom. The van der Waals surface area contributed by atoms with Crippen molar-refractivity contribution in [2.24, 2.45) is 0 Å². The van der Waals surface area contributed by atoms with Crippen LogP contribution in [0.1, 0.15) is 24.0 Å². The predicted octanol–water partition coefficient (Wildman–Crippen LogP) is 4.37. The second-order valence-electron chi connectivity index (χ2n) is 6.39. The first-order chi connectivity index (χ1) is 13.0. The number of alkyl halides is 2. The highest BCUT2D eigenvalue weighted by Gasteiger charge is 2.30. The summed E-state index contributed by atoms with van der Waals surface area (Å²) in [5.74, 6) is 0.276. The normalized spacial score (nSPS) is 13.8. The van der Waals surface area contributed by atoms with Gasteiger partial charge in [-0.15, -0.1) is 0 Å². The van der Waals surface area contributed by atoms with E-state index < -0.39 is 11.5 Å². The summed E-state index contributed by atoms with van der Waals surface area (Å²) in [6, 6.07) is 11.8. The molecule has 1 saturated carbocycles. The molecule has 0 unspecified atom stereocenters. The summed E-state index contributed by atoms with van der Waals surface area (Å²) in [6.45, 7) is -2.09. The van der Waals surface area contributed by atoms with E-state index in [-0.39, 0.29) is 17.2 Å². The molecule has 0 N–H and O–H groups in total. The maximum absolute atomic E-state index is 12.8. The van der Waals surface area contributed by atoms with Gasteiger partial charge in [0.2, 0.25) is 0 Å². The quantitative estimate of drug-likeness (QED) is 0.479. The monoisotopic (exact) mass is 378 g/mol. The van der Waals surface area contributed by atoms with Crippen LogP contribution in [0.3, 0.4) is 0 Å². The second-order valence-corrected chi connectivity index (χ2v) is 6.39. The molecular formula is C19H20F2N2O4. The summed E-state index contributed by atoms with van der Waals surface area (Å²) in [7, 11) is 1.40. The molecule has 144 valence electrons.